The lowest BCUT2D eigenvalue weighted by molar-refractivity contribution is -0.227. The molecule has 0 unspecified atom stereocenters. The Morgan fingerprint density at radius 3 is 2.32 bits per heavy atom. The molecule has 3 fully saturated rings. The molecule has 10 atom stereocenters. The molecule has 5 aliphatic rings. The van der Waals surface area contributed by atoms with Gasteiger partial charge in [-0.2, -0.15) is 0 Å². The molecule has 2 N–H and O–H groups in total. The first kappa shape index (κ1) is 43.0. The number of ether oxygens (including phenoxy) is 5. The standard InChI is InChI=1S/C42H60ClN3O11/c1-22-19-29-27(23(2)21-44-26-16-17-26)18-15-24(3)42(29,51)34(33(22)52-25(4)47)53-35(48)31-20-41(56-38(50)55-40(8,9)10)28-13-12-14-30(43)32(28)45(11)57-36(41)46(31)37(49)54-39(5,6)7/h12-14,19,23-24,26-27,29,31,33-34,36,44,51H,15-18,20-21H2,1-11H3/t23-,24+,27-,29+,31-,33+,34-,36+,41+,42+/m0/s1. The van der Waals surface area contributed by atoms with Gasteiger partial charge in [0.05, 0.1) is 10.7 Å². The molecule has 316 valence electrons. The van der Waals surface area contributed by atoms with Crippen molar-refractivity contribution in [1.29, 1.82) is 0 Å². The van der Waals surface area contributed by atoms with Crippen LogP contribution in [0.2, 0.25) is 5.02 Å². The van der Waals surface area contributed by atoms with Crippen LogP contribution in [0.5, 0.6) is 0 Å². The average Bonchev–Trinajstić information content (AvgIpc) is 3.85. The second-order valence-corrected chi connectivity index (χ2v) is 19.1. The van der Waals surface area contributed by atoms with Crippen molar-refractivity contribution in [2.75, 3.05) is 18.7 Å². The quantitative estimate of drug-likeness (QED) is 0.160. The van der Waals surface area contributed by atoms with Crippen LogP contribution in [0, 0.1) is 23.7 Å². The highest BCUT2D eigenvalue weighted by Crippen LogP contribution is 2.56. The Morgan fingerprint density at radius 2 is 1.70 bits per heavy atom. The number of halogens is 1. The Balaban J connectivity index is 1.44. The van der Waals surface area contributed by atoms with Crippen molar-refractivity contribution in [1.82, 2.24) is 10.2 Å². The molecule has 0 spiro atoms. The van der Waals surface area contributed by atoms with Crippen molar-refractivity contribution >= 4 is 41.5 Å². The molecule has 1 saturated heterocycles. The zero-order valence-corrected chi connectivity index (χ0v) is 35.8. The third-order valence-electron chi connectivity index (χ3n) is 11.9. The summed E-state index contributed by atoms with van der Waals surface area (Å²) < 4.78 is 30.0. The smallest absolute Gasteiger partial charge is 0.454 e. The van der Waals surface area contributed by atoms with Crippen LogP contribution in [0.15, 0.2) is 29.8 Å². The van der Waals surface area contributed by atoms with Crippen LogP contribution in [0.4, 0.5) is 15.3 Å². The molecule has 1 aromatic rings. The second kappa shape index (κ2) is 15.5. The van der Waals surface area contributed by atoms with Crippen molar-refractivity contribution in [2.45, 2.75) is 154 Å². The van der Waals surface area contributed by atoms with Gasteiger partial charge in [0, 0.05) is 37.9 Å². The number of aliphatic hydroxyl groups is 1. The summed E-state index contributed by atoms with van der Waals surface area (Å²) in [5.41, 5.74) is -4.15. The van der Waals surface area contributed by atoms with Crippen LogP contribution >= 0.6 is 11.6 Å². The number of nitrogens with zero attached hydrogens (tertiary/aromatic N) is 2. The van der Waals surface area contributed by atoms with E-state index in [0.29, 0.717) is 29.3 Å². The fourth-order valence-electron chi connectivity index (χ4n) is 9.17. The van der Waals surface area contributed by atoms with Gasteiger partial charge >= 0.3 is 24.2 Å². The Morgan fingerprint density at radius 1 is 1.04 bits per heavy atom. The summed E-state index contributed by atoms with van der Waals surface area (Å²) in [5, 5.41) is 18.3. The van der Waals surface area contributed by atoms with E-state index in [1.165, 1.54) is 12.0 Å². The zero-order chi connectivity index (χ0) is 42.0. The molecule has 2 heterocycles. The Bertz CT molecular complexity index is 1770. The number of anilines is 1. The van der Waals surface area contributed by atoms with Gasteiger partial charge in [0.2, 0.25) is 6.23 Å². The first-order valence-corrected chi connectivity index (χ1v) is 20.5. The van der Waals surface area contributed by atoms with Gasteiger partial charge in [0.25, 0.3) is 0 Å². The van der Waals surface area contributed by atoms with Gasteiger partial charge < -0.3 is 34.1 Å². The van der Waals surface area contributed by atoms with Crippen LogP contribution < -0.4 is 10.4 Å². The minimum Gasteiger partial charge on any atom is -0.454 e. The lowest BCUT2D eigenvalue weighted by atomic mass is 9.55. The molecule has 15 heteroatoms. The molecular formula is C42H60ClN3O11. The van der Waals surface area contributed by atoms with E-state index in [4.69, 9.17) is 40.1 Å². The highest BCUT2D eigenvalue weighted by Gasteiger charge is 2.67. The van der Waals surface area contributed by atoms with Gasteiger partial charge in [-0.3, -0.25) is 14.8 Å². The molecule has 2 aliphatic heterocycles. The maximum Gasteiger partial charge on any atom is 0.509 e. The van der Waals surface area contributed by atoms with E-state index in [9.17, 15) is 19.5 Å². The molecule has 6 rings (SSSR count). The number of benzene rings is 1. The van der Waals surface area contributed by atoms with Gasteiger partial charge in [0.15, 0.2) is 17.8 Å². The van der Waals surface area contributed by atoms with Crippen molar-refractivity contribution in [3.63, 3.8) is 0 Å². The topological polar surface area (TPSA) is 162 Å². The summed E-state index contributed by atoms with van der Waals surface area (Å²) in [6, 6.07) is 3.99. The van der Waals surface area contributed by atoms with Crippen molar-refractivity contribution < 1.29 is 52.8 Å². The summed E-state index contributed by atoms with van der Waals surface area (Å²) >= 11 is 6.71. The van der Waals surface area contributed by atoms with Gasteiger partial charge in [-0.1, -0.05) is 43.7 Å². The average molecular weight is 818 g/mol. The number of rotatable bonds is 8. The lowest BCUT2D eigenvalue weighted by Gasteiger charge is -2.56. The molecular weight excluding hydrogens is 758 g/mol. The van der Waals surface area contributed by atoms with E-state index < -0.39 is 77.0 Å². The summed E-state index contributed by atoms with van der Waals surface area (Å²) in [5.74, 6) is -2.18. The molecule has 14 nitrogen and oxygen atoms in total. The third-order valence-corrected chi connectivity index (χ3v) is 12.2. The van der Waals surface area contributed by atoms with Crippen LogP contribution in [0.3, 0.4) is 0 Å². The van der Waals surface area contributed by atoms with Crippen LogP contribution in [-0.2, 0) is 43.7 Å². The third kappa shape index (κ3) is 8.47. The van der Waals surface area contributed by atoms with E-state index in [2.05, 4.69) is 12.2 Å². The molecule has 0 radical (unpaired) electrons. The molecule has 0 aromatic heterocycles. The highest BCUT2D eigenvalue weighted by atomic mass is 35.5. The highest BCUT2D eigenvalue weighted by molar-refractivity contribution is 6.33. The molecule has 2 saturated carbocycles. The number of likely N-dealkylation sites (tertiary alicyclic amines) is 1. The SMILES string of the molecule is CC(=O)O[C@@H]1C(C)=C[C@@H]2[C@H]([C@@H](C)CNC3CC3)CC[C@@H](C)[C@]2(O)[C@H]1OC(=O)[C@@H]1C[C@@]2(OC(=O)OC(C)(C)C)c3cccc(Cl)c3N(C)O[C@H]2N1C(=O)OC(C)(C)C. The van der Waals surface area contributed by atoms with E-state index in [-0.39, 0.29) is 29.2 Å². The maximum absolute atomic E-state index is 15.1. The van der Waals surface area contributed by atoms with Crippen molar-refractivity contribution in [2.24, 2.45) is 23.7 Å². The fourth-order valence-corrected chi connectivity index (χ4v) is 9.46. The van der Waals surface area contributed by atoms with Crippen LogP contribution in [0.25, 0.3) is 0 Å². The molecule has 57 heavy (non-hydrogen) atoms. The number of hydrogen-bond donors (Lipinski definition) is 2. The van der Waals surface area contributed by atoms with Crippen LogP contribution in [-0.4, -0.2) is 95.1 Å². The number of nitrogens with one attached hydrogen (secondary N) is 1. The summed E-state index contributed by atoms with van der Waals surface area (Å²) in [6.07, 6.45) is -0.572. The lowest BCUT2D eigenvalue weighted by Crippen LogP contribution is -2.66. The molecule has 3 aliphatic carbocycles. The van der Waals surface area contributed by atoms with Gasteiger partial charge in [-0.05, 0) is 110 Å². The maximum atomic E-state index is 15.1. The van der Waals surface area contributed by atoms with Gasteiger partial charge in [-0.15, -0.1) is 0 Å². The van der Waals surface area contributed by atoms with Crippen molar-refractivity contribution in [3.8, 4) is 0 Å². The summed E-state index contributed by atoms with van der Waals surface area (Å²) in [4.78, 5) is 63.2. The predicted molar refractivity (Wildman–Crippen MR) is 210 cm³/mol. The number of carbonyl (C=O) groups excluding carboxylic acids is 4. The number of hydrogen-bond acceptors (Lipinski definition) is 13. The first-order valence-electron chi connectivity index (χ1n) is 20.1. The summed E-state index contributed by atoms with van der Waals surface area (Å²) in [7, 11) is 1.58. The Labute approximate surface area is 340 Å². The fraction of sp³-hybridized carbons (Fsp3) is 0.714. The molecule has 0 bridgehead atoms. The van der Waals surface area contributed by atoms with Crippen molar-refractivity contribution in [3.05, 3.63) is 40.4 Å². The minimum absolute atomic E-state index is 0.0233. The van der Waals surface area contributed by atoms with E-state index in [1.807, 2.05) is 19.9 Å². The minimum atomic E-state index is -1.86. The predicted octanol–water partition coefficient (Wildman–Crippen LogP) is 6.79. The Hall–Kier alpha value is -3.59. The second-order valence-electron chi connectivity index (χ2n) is 18.7. The number of amides is 1. The number of hydroxylamine groups is 1. The monoisotopic (exact) mass is 817 g/mol. The largest absolute Gasteiger partial charge is 0.509 e. The van der Waals surface area contributed by atoms with Crippen LogP contribution in [0.1, 0.15) is 107 Å². The summed E-state index contributed by atoms with van der Waals surface area (Å²) in [6.45, 7) is 18.0. The van der Waals surface area contributed by atoms with E-state index in [1.54, 1.807) is 66.8 Å². The molecule has 1 amide bonds. The zero-order valence-electron chi connectivity index (χ0n) is 35.1. The molecule has 1 aromatic carbocycles. The van der Waals surface area contributed by atoms with Gasteiger partial charge in [0.1, 0.15) is 22.8 Å². The first-order chi connectivity index (χ1) is 26.5. The van der Waals surface area contributed by atoms with E-state index in [0.717, 1.165) is 30.7 Å². The number of esters is 2. The normalized spacial score (nSPS) is 32.9. The Kier molecular flexibility index (Phi) is 11.7. The van der Waals surface area contributed by atoms with E-state index >= 15 is 4.79 Å². The number of fused-ring (bicyclic) bond motifs is 4. The number of carbonyl (C=O) groups is 4. The number of para-hydroxylation sites is 1. The van der Waals surface area contributed by atoms with Gasteiger partial charge in [-0.25, -0.2) is 19.2 Å².